The average Bonchev–Trinajstić information content (AvgIpc) is 2.47. The lowest BCUT2D eigenvalue weighted by Crippen LogP contribution is -2.33. The molecule has 5 nitrogen and oxygen atoms in total. The van der Waals surface area contributed by atoms with E-state index < -0.39 is 0 Å². The Balaban J connectivity index is 1.99. The van der Waals surface area contributed by atoms with Crippen LogP contribution in [0.25, 0.3) is 0 Å². The summed E-state index contributed by atoms with van der Waals surface area (Å²) < 4.78 is 1.10. The molecular weight excluding hydrogens is 330 g/mol. The lowest BCUT2D eigenvalue weighted by atomic mass is 10.0. The summed E-state index contributed by atoms with van der Waals surface area (Å²) in [4.78, 5) is 17.5. The van der Waals surface area contributed by atoms with E-state index in [1.807, 2.05) is 33.3 Å². The molecule has 0 aliphatic carbocycles. The molecule has 2 aromatic heterocycles. The second kappa shape index (κ2) is 5.60. The highest BCUT2D eigenvalue weighted by atomic mass is 79.9. The van der Waals surface area contributed by atoms with E-state index in [1.165, 1.54) is 11.1 Å². The zero-order valence-corrected chi connectivity index (χ0v) is 14.1. The summed E-state index contributed by atoms with van der Waals surface area (Å²) in [6.45, 7) is 3.77. The maximum Gasteiger partial charge on any atom is 0.133 e. The fraction of sp³-hybridized carbons (Fsp3) is 0.400. The van der Waals surface area contributed by atoms with Gasteiger partial charge in [-0.25, -0.2) is 15.0 Å². The van der Waals surface area contributed by atoms with Crippen LogP contribution in [0.15, 0.2) is 23.1 Å². The maximum absolute atomic E-state index is 4.56. The molecule has 21 heavy (non-hydrogen) atoms. The van der Waals surface area contributed by atoms with Gasteiger partial charge >= 0.3 is 0 Å². The van der Waals surface area contributed by atoms with Crippen molar-refractivity contribution in [2.45, 2.75) is 19.9 Å². The largest absolute Gasteiger partial charge is 0.362 e. The van der Waals surface area contributed by atoms with Gasteiger partial charge in [-0.15, -0.1) is 0 Å². The van der Waals surface area contributed by atoms with Gasteiger partial charge in [-0.1, -0.05) is 0 Å². The summed E-state index contributed by atoms with van der Waals surface area (Å²) >= 11 is 3.63. The van der Waals surface area contributed by atoms with Crippen LogP contribution in [0.4, 0.5) is 11.6 Å². The van der Waals surface area contributed by atoms with Crippen LogP contribution in [0.1, 0.15) is 16.8 Å². The molecule has 0 aromatic carbocycles. The minimum Gasteiger partial charge on any atom is -0.362 e. The topological polar surface area (TPSA) is 45.2 Å². The Labute approximate surface area is 133 Å². The zero-order chi connectivity index (χ0) is 15.0. The molecule has 0 N–H and O–H groups in total. The van der Waals surface area contributed by atoms with Gasteiger partial charge in [0, 0.05) is 55.2 Å². The molecule has 110 valence electrons. The molecule has 0 saturated heterocycles. The first-order valence-corrected chi connectivity index (χ1v) is 7.72. The van der Waals surface area contributed by atoms with E-state index in [9.17, 15) is 0 Å². The molecule has 1 aliphatic heterocycles. The van der Waals surface area contributed by atoms with E-state index in [0.29, 0.717) is 0 Å². The van der Waals surface area contributed by atoms with Gasteiger partial charge in [-0.3, -0.25) is 0 Å². The van der Waals surface area contributed by atoms with E-state index in [4.69, 9.17) is 0 Å². The van der Waals surface area contributed by atoms with Crippen molar-refractivity contribution < 1.29 is 0 Å². The molecule has 0 radical (unpaired) electrons. The highest BCUT2D eigenvalue weighted by Crippen LogP contribution is 2.32. The maximum atomic E-state index is 4.56. The van der Waals surface area contributed by atoms with Crippen LogP contribution in [0, 0.1) is 6.92 Å². The van der Waals surface area contributed by atoms with Crippen LogP contribution in [-0.4, -0.2) is 35.6 Å². The van der Waals surface area contributed by atoms with Crippen LogP contribution in [0.2, 0.25) is 0 Å². The minimum atomic E-state index is 0.825. The number of hydrogen-bond donors (Lipinski definition) is 0. The second-order valence-corrected chi connectivity index (χ2v) is 6.32. The minimum absolute atomic E-state index is 0.825. The highest BCUT2D eigenvalue weighted by molar-refractivity contribution is 9.10. The summed E-state index contributed by atoms with van der Waals surface area (Å²) in [7, 11) is 4.06. The van der Waals surface area contributed by atoms with Gasteiger partial charge in [-0.2, -0.15) is 0 Å². The standard InChI is InChI=1S/C15H18BrN5/c1-10-6-14(19-9-18-10)21-5-4-11-12(8-21)15(20(2)3)17-7-13(11)16/h6-7,9H,4-5,8H2,1-3H3. The van der Waals surface area contributed by atoms with Gasteiger partial charge in [0.25, 0.3) is 0 Å². The fourth-order valence-electron chi connectivity index (χ4n) is 2.70. The van der Waals surface area contributed by atoms with Crippen LogP contribution in [-0.2, 0) is 13.0 Å². The molecule has 0 fully saturated rings. The Bertz CT molecular complexity index is 671. The number of nitrogens with zero attached hydrogens (tertiary/aromatic N) is 5. The number of hydrogen-bond acceptors (Lipinski definition) is 5. The lowest BCUT2D eigenvalue weighted by Gasteiger charge is -2.32. The summed E-state index contributed by atoms with van der Waals surface area (Å²) in [6.07, 6.45) is 4.52. The zero-order valence-electron chi connectivity index (χ0n) is 12.5. The van der Waals surface area contributed by atoms with Crippen LogP contribution in [0.3, 0.4) is 0 Å². The normalized spacial score (nSPS) is 14.0. The van der Waals surface area contributed by atoms with Gasteiger partial charge in [0.2, 0.25) is 0 Å². The van der Waals surface area contributed by atoms with Crippen molar-refractivity contribution in [3.8, 4) is 0 Å². The predicted molar refractivity (Wildman–Crippen MR) is 87.8 cm³/mol. The number of rotatable bonds is 2. The third-order valence-electron chi connectivity index (χ3n) is 3.74. The summed E-state index contributed by atoms with van der Waals surface area (Å²) in [5.74, 6) is 2.02. The summed E-state index contributed by atoms with van der Waals surface area (Å²) in [5, 5.41) is 0. The molecule has 2 aromatic rings. The number of pyridine rings is 1. The highest BCUT2D eigenvalue weighted by Gasteiger charge is 2.23. The lowest BCUT2D eigenvalue weighted by molar-refractivity contribution is 0.709. The van der Waals surface area contributed by atoms with Crippen LogP contribution < -0.4 is 9.80 Å². The van der Waals surface area contributed by atoms with Gasteiger partial charge in [0.15, 0.2) is 0 Å². The monoisotopic (exact) mass is 347 g/mol. The van der Waals surface area contributed by atoms with Crippen molar-refractivity contribution >= 4 is 27.6 Å². The van der Waals surface area contributed by atoms with Crippen LogP contribution in [0.5, 0.6) is 0 Å². The summed E-state index contributed by atoms with van der Waals surface area (Å²) in [6, 6.07) is 2.03. The second-order valence-electron chi connectivity index (χ2n) is 5.47. The molecule has 1 aliphatic rings. The van der Waals surface area contributed by atoms with Crippen molar-refractivity contribution in [2.75, 3.05) is 30.4 Å². The first-order valence-electron chi connectivity index (χ1n) is 6.93. The first kappa shape index (κ1) is 14.3. The SMILES string of the molecule is Cc1cc(N2CCc3c(Br)cnc(N(C)C)c3C2)ncn1. The molecule has 0 amide bonds. The van der Waals surface area contributed by atoms with Gasteiger partial charge in [0.1, 0.15) is 18.0 Å². The van der Waals surface area contributed by atoms with E-state index in [-0.39, 0.29) is 0 Å². The Kier molecular flexibility index (Phi) is 3.80. The number of aryl methyl sites for hydroxylation is 1. The quantitative estimate of drug-likeness (QED) is 0.835. The Morgan fingerprint density at radius 3 is 2.71 bits per heavy atom. The molecule has 3 rings (SSSR count). The van der Waals surface area contributed by atoms with Crippen molar-refractivity contribution in [1.29, 1.82) is 0 Å². The first-order chi connectivity index (χ1) is 10.1. The smallest absolute Gasteiger partial charge is 0.133 e. The molecule has 0 atom stereocenters. The van der Waals surface area contributed by atoms with Crippen molar-refractivity contribution in [3.05, 3.63) is 39.9 Å². The molecular formula is C15H18BrN5. The van der Waals surface area contributed by atoms with Gasteiger partial charge < -0.3 is 9.80 Å². The molecule has 6 heteroatoms. The number of aromatic nitrogens is 3. The molecule has 3 heterocycles. The number of halogens is 1. The van der Waals surface area contributed by atoms with Crippen molar-refractivity contribution in [3.63, 3.8) is 0 Å². The molecule has 0 spiro atoms. The van der Waals surface area contributed by atoms with Gasteiger partial charge in [-0.05, 0) is 34.8 Å². The summed E-state index contributed by atoms with van der Waals surface area (Å²) in [5.41, 5.74) is 3.62. The predicted octanol–water partition coefficient (Wildman–Crippen LogP) is 2.57. The van der Waals surface area contributed by atoms with Crippen LogP contribution >= 0.6 is 15.9 Å². The molecule has 0 bridgehead atoms. The van der Waals surface area contributed by atoms with E-state index in [1.54, 1.807) is 6.33 Å². The number of anilines is 2. The van der Waals surface area contributed by atoms with Crippen molar-refractivity contribution in [2.24, 2.45) is 0 Å². The number of fused-ring (bicyclic) bond motifs is 1. The third kappa shape index (κ3) is 2.72. The van der Waals surface area contributed by atoms with E-state index >= 15 is 0 Å². The fourth-order valence-corrected chi connectivity index (χ4v) is 3.24. The average molecular weight is 348 g/mol. The van der Waals surface area contributed by atoms with Gasteiger partial charge in [0.05, 0.1) is 0 Å². The molecule has 0 unspecified atom stereocenters. The Morgan fingerprint density at radius 2 is 2.00 bits per heavy atom. The Hall–Kier alpha value is -1.69. The third-order valence-corrected chi connectivity index (χ3v) is 4.42. The van der Waals surface area contributed by atoms with Crippen molar-refractivity contribution in [1.82, 2.24) is 15.0 Å². The Morgan fingerprint density at radius 1 is 1.19 bits per heavy atom. The van der Waals surface area contributed by atoms with E-state index in [2.05, 4.69) is 40.7 Å². The molecule has 0 saturated carbocycles. The van der Waals surface area contributed by atoms with E-state index in [0.717, 1.165) is 41.3 Å².